The Kier molecular flexibility index (Phi) is 5.04. The smallest absolute Gasteiger partial charge is 0.317 e. The zero-order valence-corrected chi connectivity index (χ0v) is 15.2. The van der Waals surface area contributed by atoms with Crippen molar-refractivity contribution in [2.75, 3.05) is 31.9 Å². The van der Waals surface area contributed by atoms with Crippen molar-refractivity contribution < 1.29 is 9.59 Å². The Morgan fingerprint density at radius 3 is 2.46 bits per heavy atom. The lowest BCUT2D eigenvalue weighted by Gasteiger charge is -2.44. The molecule has 2 fully saturated rings. The van der Waals surface area contributed by atoms with Crippen LogP contribution in [0.1, 0.15) is 35.7 Å². The van der Waals surface area contributed by atoms with Crippen LogP contribution in [0.15, 0.2) is 24.3 Å². The van der Waals surface area contributed by atoms with E-state index in [0.717, 1.165) is 36.3 Å². The first-order valence-electron chi connectivity index (χ1n) is 8.61. The first kappa shape index (κ1) is 17.1. The Morgan fingerprint density at radius 2 is 1.83 bits per heavy atom. The van der Waals surface area contributed by atoms with Crippen LogP contribution in [0.4, 0.5) is 4.79 Å². The largest absolute Gasteiger partial charge is 0.338 e. The van der Waals surface area contributed by atoms with E-state index >= 15 is 0 Å². The lowest BCUT2D eigenvalue weighted by atomic mass is 10.0. The molecule has 0 saturated carbocycles. The highest BCUT2D eigenvalue weighted by Crippen LogP contribution is 2.44. The molecular weight excluding hydrogens is 322 g/mol. The van der Waals surface area contributed by atoms with Crippen molar-refractivity contribution in [2.24, 2.45) is 0 Å². The number of likely N-dealkylation sites (tertiary alicyclic amines) is 1. The average molecular weight is 347 g/mol. The van der Waals surface area contributed by atoms with Gasteiger partial charge in [0.1, 0.15) is 0 Å². The molecule has 1 aromatic carbocycles. The molecule has 0 aliphatic carbocycles. The summed E-state index contributed by atoms with van der Waals surface area (Å²) in [7, 11) is 0. The van der Waals surface area contributed by atoms with Crippen molar-refractivity contribution >= 4 is 23.7 Å². The standard InChI is InChI=1S/C18H25N3O2S/c1-3-19-17(23)20-10-8-18(9-11-20)21(12-13-24-18)16(22)15-6-4-14(2)5-7-15/h4-7H,3,8-13H2,1-2H3,(H,19,23). The van der Waals surface area contributed by atoms with Crippen molar-refractivity contribution in [3.05, 3.63) is 35.4 Å². The Morgan fingerprint density at radius 1 is 1.17 bits per heavy atom. The summed E-state index contributed by atoms with van der Waals surface area (Å²) >= 11 is 1.87. The van der Waals surface area contributed by atoms with Gasteiger partial charge in [0.2, 0.25) is 0 Å². The fraction of sp³-hybridized carbons (Fsp3) is 0.556. The van der Waals surface area contributed by atoms with Gasteiger partial charge in [-0.2, -0.15) is 0 Å². The summed E-state index contributed by atoms with van der Waals surface area (Å²) < 4.78 is 0. The molecule has 3 amide bonds. The summed E-state index contributed by atoms with van der Waals surface area (Å²) in [6, 6.07) is 7.81. The van der Waals surface area contributed by atoms with Gasteiger partial charge >= 0.3 is 6.03 Å². The number of hydrogen-bond acceptors (Lipinski definition) is 3. The first-order chi connectivity index (χ1) is 11.6. The number of thioether (sulfide) groups is 1. The number of nitrogens with zero attached hydrogens (tertiary/aromatic N) is 2. The fourth-order valence-electron chi connectivity index (χ4n) is 3.48. The van der Waals surface area contributed by atoms with E-state index < -0.39 is 0 Å². The molecule has 0 aromatic heterocycles. The van der Waals surface area contributed by atoms with Crippen LogP contribution in [0.5, 0.6) is 0 Å². The minimum Gasteiger partial charge on any atom is -0.338 e. The number of rotatable bonds is 2. The van der Waals surface area contributed by atoms with E-state index in [9.17, 15) is 9.59 Å². The van der Waals surface area contributed by atoms with Gasteiger partial charge in [-0.15, -0.1) is 11.8 Å². The molecule has 1 aromatic rings. The third kappa shape index (κ3) is 3.24. The Bertz CT molecular complexity index is 609. The molecule has 0 atom stereocenters. The van der Waals surface area contributed by atoms with Crippen LogP contribution < -0.4 is 5.32 Å². The van der Waals surface area contributed by atoms with E-state index in [1.165, 1.54) is 0 Å². The summed E-state index contributed by atoms with van der Waals surface area (Å²) in [5.41, 5.74) is 1.92. The maximum absolute atomic E-state index is 13.0. The Labute approximate surface area is 147 Å². The number of nitrogens with one attached hydrogen (secondary N) is 1. The van der Waals surface area contributed by atoms with Gasteiger partial charge in [0.05, 0.1) is 4.87 Å². The molecule has 24 heavy (non-hydrogen) atoms. The van der Waals surface area contributed by atoms with E-state index in [1.807, 2.05) is 59.7 Å². The molecule has 2 heterocycles. The predicted molar refractivity (Wildman–Crippen MR) is 97.3 cm³/mol. The number of urea groups is 1. The van der Waals surface area contributed by atoms with Gasteiger partial charge in [0.25, 0.3) is 5.91 Å². The minimum absolute atomic E-state index is 0.00626. The molecule has 2 saturated heterocycles. The molecule has 6 heteroatoms. The molecule has 0 bridgehead atoms. The second-order valence-electron chi connectivity index (χ2n) is 6.44. The lowest BCUT2D eigenvalue weighted by molar-refractivity contribution is 0.0581. The minimum atomic E-state index is -0.148. The fourth-order valence-corrected chi connectivity index (χ4v) is 4.94. The SMILES string of the molecule is CCNC(=O)N1CCC2(CC1)SCCN2C(=O)c1ccc(C)cc1. The second-order valence-corrected chi connectivity index (χ2v) is 7.90. The molecule has 2 aliphatic heterocycles. The number of benzene rings is 1. The summed E-state index contributed by atoms with van der Waals surface area (Å²) in [4.78, 5) is 28.7. The van der Waals surface area contributed by atoms with E-state index in [2.05, 4.69) is 5.32 Å². The van der Waals surface area contributed by atoms with Crippen LogP contribution in [0.2, 0.25) is 0 Å². The van der Waals surface area contributed by atoms with Crippen LogP contribution in [0.25, 0.3) is 0 Å². The maximum atomic E-state index is 13.0. The van der Waals surface area contributed by atoms with Gasteiger partial charge in [0, 0.05) is 37.5 Å². The molecule has 0 unspecified atom stereocenters. The van der Waals surface area contributed by atoms with Crippen molar-refractivity contribution in [2.45, 2.75) is 31.6 Å². The third-order valence-electron chi connectivity index (χ3n) is 4.88. The number of carbonyl (C=O) groups excluding carboxylic acids is 2. The normalized spacial score (nSPS) is 19.6. The topological polar surface area (TPSA) is 52.7 Å². The molecular formula is C18H25N3O2S. The molecule has 3 rings (SSSR count). The number of hydrogen-bond donors (Lipinski definition) is 1. The summed E-state index contributed by atoms with van der Waals surface area (Å²) in [5.74, 6) is 1.09. The molecule has 1 N–H and O–H groups in total. The van der Waals surface area contributed by atoms with E-state index in [-0.39, 0.29) is 16.8 Å². The molecule has 1 spiro atoms. The zero-order valence-electron chi connectivity index (χ0n) is 14.4. The highest BCUT2D eigenvalue weighted by atomic mass is 32.2. The van der Waals surface area contributed by atoms with Crippen LogP contribution in [0.3, 0.4) is 0 Å². The van der Waals surface area contributed by atoms with Crippen LogP contribution >= 0.6 is 11.8 Å². The summed E-state index contributed by atoms with van der Waals surface area (Å²) in [5, 5.41) is 2.86. The van der Waals surface area contributed by atoms with Crippen molar-refractivity contribution in [3.63, 3.8) is 0 Å². The van der Waals surface area contributed by atoms with Gasteiger partial charge < -0.3 is 15.1 Å². The molecule has 5 nitrogen and oxygen atoms in total. The first-order valence-corrected chi connectivity index (χ1v) is 9.60. The zero-order chi connectivity index (χ0) is 17.2. The van der Waals surface area contributed by atoms with Crippen LogP contribution in [0, 0.1) is 6.92 Å². The number of aryl methyl sites for hydroxylation is 1. The second kappa shape index (κ2) is 7.05. The summed E-state index contributed by atoms with van der Waals surface area (Å²) in [6.45, 7) is 6.80. The van der Waals surface area contributed by atoms with Crippen molar-refractivity contribution in [3.8, 4) is 0 Å². The molecule has 2 aliphatic rings. The molecule has 130 valence electrons. The van der Waals surface area contributed by atoms with Crippen LogP contribution in [-0.2, 0) is 0 Å². The average Bonchev–Trinajstić information content (AvgIpc) is 2.99. The summed E-state index contributed by atoms with van der Waals surface area (Å²) in [6.07, 6.45) is 1.68. The Hall–Kier alpha value is -1.69. The van der Waals surface area contributed by atoms with E-state index in [1.54, 1.807) is 0 Å². The van der Waals surface area contributed by atoms with E-state index in [0.29, 0.717) is 19.6 Å². The van der Waals surface area contributed by atoms with Crippen molar-refractivity contribution in [1.82, 2.24) is 15.1 Å². The van der Waals surface area contributed by atoms with Gasteiger partial charge in [-0.1, -0.05) is 17.7 Å². The quantitative estimate of drug-likeness (QED) is 0.895. The highest BCUT2D eigenvalue weighted by Gasteiger charge is 2.47. The van der Waals surface area contributed by atoms with Gasteiger partial charge in [-0.25, -0.2) is 4.79 Å². The van der Waals surface area contributed by atoms with Gasteiger partial charge in [-0.3, -0.25) is 4.79 Å². The van der Waals surface area contributed by atoms with Crippen molar-refractivity contribution in [1.29, 1.82) is 0 Å². The van der Waals surface area contributed by atoms with Crippen LogP contribution in [-0.4, -0.2) is 58.5 Å². The monoisotopic (exact) mass is 347 g/mol. The molecule has 0 radical (unpaired) electrons. The number of amides is 3. The van der Waals surface area contributed by atoms with Gasteiger partial charge in [-0.05, 0) is 38.8 Å². The third-order valence-corrected chi connectivity index (χ3v) is 6.43. The van der Waals surface area contributed by atoms with E-state index in [4.69, 9.17) is 0 Å². The maximum Gasteiger partial charge on any atom is 0.317 e. The van der Waals surface area contributed by atoms with Gasteiger partial charge in [0.15, 0.2) is 0 Å². The highest BCUT2D eigenvalue weighted by molar-refractivity contribution is 8.00. The number of carbonyl (C=O) groups is 2. The predicted octanol–water partition coefficient (Wildman–Crippen LogP) is 2.71. The lowest BCUT2D eigenvalue weighted by Crippen LogP contribution is -2.55. The number of piperidine rings is 1. The Balaban J connectivity index is 1.70.